The number of rotatable bonds is 3. The van der Waals surface area contributed by atoms with Crippen LogP contribution in [0.25, 0.3) is 22.3 Å². The summed E-state index contributed by atoms with van der Waals surface area (Å²) in [5, 5.41) is 5.02. The molecule has 0 fully saturated rings. The van der Waals surface area contributed by atoms with Gasteiger partial charge in [-0.05, 0) is 58.7 Å². The van der Waals surface area contributed by atoms with Crippen molar-refractivity contribution < 1.29 is 30.4 Å². The van der Waals surface area contributed by atoms with Crippen molar-refractivity contribution >= 4 is 10.0 Å². The van der Waals surface area contributed by atoms with Crippen molar-refractivity contribution in [2.75, 3.05) is 0 Å². The van der Waals surface area contributed by atoms with E-state index in [0.29, 0.717) is 0 Å². The molecule has 0 saturated carbocycles. The lowest BCUT2D eigenvalue weighted by atomic mass is 9.93. The highest BCUT2D eigenvalue weighted by Crippen LogP contribution is 2.37. The Balaban J connectivity index is 2.20. The van der Waals surface area contributed by atoms with Crippen molar-refractivity contribution in [3.05, 3.63) is 77.9 Å². The summed E-state index contributed by atoms with van der Waals surface area (Å²) in [5.41, 5.74) is -0.518. The van der Waals surface area contributed by atoms with E-state index in [0.717, 1.165) is 30.3 Å². The van der Waals surface area contributed by atoms with Crippen molar-refractivity contribution in [1.82, 2.24) is 0 Å². The van der Waals surface area contributed by atoms with Crippen molar-refractivity contribution in [1.29, 1.82) is 0 Å². The smallest absolute Gasteiger partial charge is 0.225 e. The molecule has 28 heavy (non-hydrogen) atoms. The Morgan fingerprint density at radius 1 is 0.750 bits per heavy atom. The fourth-order valence-electron chi connectivity index (χ4n) is 2.71. The minimum atomic E-state index is -4.61. The largest absolute Gasteiger partial charge is 0.416 e. The van der Waals surface area contributed by atoms with Crippen molar-refractivity contribution in [2.45, 2.75) is 11.1 Å². The topological polar surface area (TPSA) is 60.2 Å². The van der Waals surface area contributed by atoms with E-state index in [1.54, 1.807) is 0 Å². The van der Waals surface area contributed by atoms with Crippen LogP contribution in [0.2, 0.25) is 0 Å². The zero-order valence-electron chi connectivity index (χ0n) is 14.0. The first-order chi connectivity index (χ1) is 13.0. The third kappa shape index (κ3) is 4.05. The van der Waals surface area contributed by atoms with Gasteiger partial charge in [0.05, 0.1) is 10.5 Å². The quantitative estimate of drug-likeness (QED) is 0.617. The molecule has 0 aliphatic rings. The maximum atomic E-state index is 13.8. The number of alkyl halides is 3. The first-order valence-electron chi connectivity index (χ1n) is 7.77. The summed E-state index contributed by atoms with van der Waals surface area (Å²) >= 11 is 0. The van der Waals surface area contributed by atoms with Crippen LogP contribution in [-0.2, 0) is 16.2 Å². The van der Waals surface area contributed by atoms with Gasteiger partial charge < -0.3 is 0 Å². The van der Waals surface area contributed by atoms with Crippen molar-refractivity contribution in [3.8, 4) is 22.3 Å². The number of nitrogens with two attached hydrogens (primary N) is 1. The summed E-state index contributed by atoms with van der Waals surface area (Å²) in [7, 11) is -3.96. The Labute approximate surface area is 157 Å². The predicted molar refractivity (Wildman–Crippen MR) is 93.6 cm³/mol. The Kier molecular flexibility index (Phi) is 4.99. The van der Waals surface area contributed by atoms with Gasteiger partial charge in [0.1, 0.15) is 0 Å². The van der Waals surface area contributed by atoms with E-state index in [1.807, 2.05) is 0 Å². The molecule has 3 nitrogen and oxygen atoms in total. The number of halogens is 5. The Hall–Kier alpha value is -2.78. The third-order valence-electron chi connectivity index (χ3n) is 4.06. The van der Waals surface area contributed by atoms with Gasteiger partial charge in [-0.15, -0.1) is 0 Å². The zero-order chi connectivity index (χ0) is 20.7. The van der Waals surface area contributed by atoms with E-state index in [-0.39, 0.29) is 27.1 Å². The highest BCUT2D eigenvalue weighted by molar-refractivity contribution is 7.89. The van der Waals surface area contributed by atoms with Crippen molar-refractivity contribution in [2.24, 2.45) is 5.14 Å². The van der Waals surface area contributed by atoms with E-state index in [9.17, 15) is 30.4 Å². The zero-order valence-corrected chi connectivity index (χ0v) is 14.8. The fourth-order valence-corrected chi connectivity index (χ4v) is 3.23. The van der Waals surface area contributed by atoms with Crippen LogP contribution >= 0.6 is 0 Å². The molecule has 9 heteroatoms. The van der Waals surface area contributed by atoms with E-state index in [2.05, 4.69) is 0 Å². The number of primary sulfonamides is 1. The molecule has 0 unspecified atom stereocenters. The molecule has 3 aromatic carbocycles. The highest BCUT2D eigenvalue weighted by Gasteiger charge is 2.30. The maximum absolute atomic E-state index is 13.8. The number of hydrogen-bond acceptors (Lipinski definition) is 2. The predicted octanol–water partition coefficient (Wildman–Crippen LogP) is 4.97. The molecular formula is C19H12F5NO2S. The molecule has 3 aromatic rings. The van der Waals surface area contributed by atoms with Gasteiger partial charge >= 0.3 is 6.18 Å². The standard InChI is InChI=1S/C19H12F5NO2S/c20-17-9-15(11-4-6-14(7-5-11)28(25,26)27)16(10-18(17)21)12-2-1-3-13(8-12)19(22,23)24/h1-10H,(H2,25,26,27). The number of hydrogen-bond donors (Lipinski definition) is 1. The van der Waals surface area contributed by atoms with Crippen LogP contribution in [0.1, 0.15) is 5.56 Å². The molecule has 0 heterocycles. The molecule has 146 valence electrons. The molecule has 0 spiro atoms. The summed E-state index contributed by atoms with van der Waals surface area (Å²) in [6.45, 7) is 0. The number of sulfonamides is 1. The monoisotopic (exact) mass is 413 g/mol. The van der Waals surface area contributed by atoms with Crippen LogP contribution < -0.4 is 5.14 Å². The minimum absolute atomic E-state index is 0.0216. The van der Waals surface area contributed by atoms with Crippen LogP contribution in [0.15, 0.2) is 65.6 Å². The van der Waals surface area contributed by atoms with Gasteiger partial charge in [0.15, 0.2) is 11.6 Å². The van der Waals surface area contributed by atoms with Gasteiger partial charge in [-0.2, -0.15) is 13.2 Å². The second kappa shape index (κ2) is 6.99. The molecule has 3 rings (SSSR count). The summed E-state index contributed by atoms with van der Waals surface area (Å²) in [5.74, 6) is -2.42. The normalized spacial score (nSPS) is 12.2. The molecule has 0 aliphatic heterocycles. The molecule has 2 N–H and O–H groups in total. The van der Waals surface area contributed by atoms with Crippen molar-refractivity contribution in [3.63, 3.8) is 0 Å². The summed E-state index contributed by atoms with van der Waals surface area (Å²) in [4.78, 5) is -0.195. The Bertz CT molecular complexity index is 1140. The van der Waals surface area contributed by atoms with E-state index in [4.69, 9.17) is 5.14 Å². The maximum Gasteiger partial charge on any atom is 0.416 e. The van der Waals surface area contributed by atoms with Gasteiger partial charge in [0.25, 0.3) is 0 Å². The average molecular weight is 413 g/mol. The molecule has 0 aromatic heterocycles. The molecule has 0 bridgehead atoms. The Morgan fingerprint density at radius 3 is 1.79 bits per heavy atom. The van der Waals surface area contributed by atoms with Crippen LogP contribution in [-0.4, -0.2) is 8.42 Å². The van der Waals surface area contributed by atoms with Gasteiger partial charge in [-0.3, -0.25) is 0 Å². The number of benzene rings is 3. The van der Waals surface area contributed by atoms with E-state index in [1.165, 1.54) is 30.3 Å². The fraction of sp³-hybridized carbons (Fsp3) is 0.0526. The molecular weight excluding hydrogens is 401 g/mol. The first-order valence-corrected chi connectivity index (χ1v) is 9.31. The second-order valence-electron chi connectivity index (χ2n) is 5.96. The lowest BCUT2D eigenvalue weighted by molar-refractivity contribution is -0.137. The molecule has 0 amide bonds. The van der Waals surface area contributed by atoms with Gasteiger partial charge in [0, 0.05) is 0 Å². The molecule has 0 radical (unpaired) electrons. The summed E-state index contributed by atoms with van der Waals surface area (Å²) in [6, 6.07) is 10.8. The summed E-state index contributed by atoms with van der Waals surface area (Å²) < 4.78 is 89.4. The first kappa shape index (κ1) is 20.0. The molecule has 0 aliphatic carbocycles. The lowest BCUT2D eigenvalue weighted by Crippen LogP contribution is -2.11. The lowest BCUT2D eigenvalue weighted by Gasteiger charge is -2.14. The SMILES string of the molecule is NS(=O)(=O)c1ccc(-c2cc(F)c(F)cc2-c2cccc(C(F)(F)F)c2)cc1. The van der Waals surface area contributed by atoms with Crippen LogP contribution in [0.5, 0.6) is 0 Å². The van der Waals surface area contributed by atoms with Crippen LogP contribution in [0, 0.1) is 11.6 Å². The summed E-state index contributed by atoms with van der Waals surface area (Å²) in [6.07, 6.45) is -4.61. The van der Waals surface area contributed by atoms with Gasteiger partial charge in [-0.1, -0.05) is 24.3 Å². The van der Waals surface area contributed by atoms with Gasteiger partial charge in [0.2, 0.25) is 10.0 Å². The van der Waals surface area contributed by atoms with E-state index < -0.39 is 33.4 Å². The average Bonchev–Trinajstić information content (AvgIpc) is 2.62. The minimum Gasteiger partial charge on any atom is -0.225 e. The van der Waals surface area contributed by atoms with Crippen LogP contribution in [0.4, 0.5) is 22.0 Å². The van der Waals surface area contributed by atoms with Crippen LogP contribution in [0.3, 0.4) is 0 Å². The second-order valence-corrected chi connectivity index (χ2v) is 7.52. The van der Waals surface area contributed by atoms with E-state index >= 15 is 0 Å². The van der Waals surface area contributed by atoms with Gasteiger partial charge in [-0.25, -0.2) is 22.3 Å². The molecule has 0 saturated heterocycles. The third-order valence-corrected chi connectivity index (χ3v) is 4.98. The Morgan fingerprint density at radius 2 is 1.29 bits per heavy atom. The molecule has 0 atom stereocenters. The highest BCUT2D eigenvalue weighted by atomic mass is 32.2.